The quantitative estimate of drug-likeness (QED) is 0.532. The SMILES string of the molecule is COc1cc([C@H]2C(C(=O)c3ccc(C)o3)=C(O)C(=O)N2c2cc(C)on2)cc(OC)c1OC. The van der Waals surface area contributed by atoms with Crippen LogP contribution < -0.4 is 19.1 Å². The monoisotopic (exact) mass is 454 g/mol. The van der Waals surface area contributed by atoms with E-state index in [0.717, 1.165) is 0 Å². The fraction of sp³-hybridized carbons (Fsp3) is 0.261. The highest BCUT2D eigenvalue weighted by atomic mass is 16.5. The van der Waals surface area contributed by atoms with Gasteiger partial charge in [0.15, 0.2) is 28.8 Å². The summed E-state index contributed by atoms with van der Waals surface area (Å²) in [6, 6.07) is 6.75. The van der Waals surface area contributed by atoms with E-state index in [1.807, 2.05) is 0 Å². The fourth-order valence-corrected chi connectivity index (χ4v) is 3.80. The standard InChI is InChI=1S/C23H22N2O8/c1-11-6-7-14(32-11)20(26)18-19(13-9-15(29-3)22(31-5)16(10-13)30-4)25(23(28)21(18)27)17-8-12(2)33-24-17/h6-10,19,27H,1-5H3/t19-/m0/s1. The lowest BCUT2D eigenvalue weighted by molar-refractivity contribution is -0.117. The molecule has 33 heavy (non-hydrogen) atoms. The van der Waals surface area contributed by atoms with Gasteiger partial charge in [-0.3, -0.25) is 14.5 Å². The number of ketones is 1. The molecule has 1 atom stereocenters. The maximum atomic E-state index is 13.4. The molecule has 0 unspecified atom stereocenters. The zero-order chi connectivity index (χ0) is 23.9. The molecular weight excluding hydrogens is 432 g/mol. The summed E-state index contributed by atoms with van der Waals surface area (Å²) in [7, 11) is 4.36. The topological polar surface area (TPSA) is 124 Å². The van der Waals surface area contributed by atoms with Gasteiger partial charge in [0.2, 0.25) is 11.5 Å². The number of aliphatic hydroxyl groups is 1. The maximum absolute atomic E-state index is 13.4. The van der Waals surface area contributed by atoms with Crippen molar-refractivity contribution in [2.75, 3.05) is 26.2 Å². The Morgan fingerprint density at radius 1 is 1.03 bits per heavy atom. The van der Waals surface area contributed by atoms with Crippen LogP contribution in [-0.2, 0) is 4.79 Å². The van der Waals surface area contributed by atoms with E-state index in [1.54, 1.807) is 32.0 Å². The molecule has 0 saturated carbocycles. The van der Waals surface area contributed by atoms with E-state index >= 15 is 0 Å². The lowest BCUT2D eigenvalue weighted by Gasteiger charge is -2.25. The van der Waals surface area contributed by atoms with Gasteiger partial charge in [0.1, 0.15) is 11.5 Å². The van der Waals surface area contributed by atoms with E-state index in [-0.39, 0.29) is 17.2 Å². The first-order valence-electron chi connectivity index (χ1n) is 9.91. The normalized spacial score (nSPS) is 15.8. The number of Topliss-reactive ketones (excluding diaryl/α,β-unsaturated/α-hetero) is 1. The summed E-state index contributed by atoms with van der Waals surface area (Å²) in [4.78, 5) is 27.7. The summed E-state index contributed by atoms with van der Waals surface area (Å²) in [5.74, 6) is -0.153. The zero-order valence-electron chi connectivity index (χ0n) is 18.7. The molecule has 1 amide bonds. The summed E-state index contributed by atoms with van der Waals surface area (Å²) in [5, 5.41) is 14.7. The minimum Gasteiger partial charge on any atom is -0.503 e. The van der Waals surface area contributed by atoms with Crippen LogP contribution in [0.5, 0.6) is 17.2 Å². The van der Waals surface area contributed by atoms with Crippen LogP contribution in [-0.4, -0.2) is 43.3 Å². The number of carbonyl (C=O) groups is 2. The number of hydrogen-bond donors (Lipinski definition) is 1. The second kappa shape index (κ2) is 8.38. The van der Waals surface area contributed by atoms with Crippen LogP contribution in [0.3, 0.4) is 0 Å². The van der Waals surface area contributed by atoms with Gasteiger partial charge in [-0.1, -0.05) is 5.16 Å². The van der Waals surface area contributed by atoms with Gasteiger partial charge in [0.25, 0.3) is 5.91 Å². The number of anilines is 1. The van der Waals surface area contributed by atoms with E-state index in [1.165, 1.54) is 38.4 Å². The average molecular weight is 454 g/mol. The molecule has 10 heteroatoms. The Kier molecular flexibility index (Phi) is 5.59. The Balaban J connectivity index is 1.95. The van der Waals surface area contributed by atoms with Gasteiger partial charge >= 0.3 is 0 Å². The largest absolute Gasteiger partial charge is 0.503 e. The molecule has 1 aliphatic rings. The zero-order valence-corrected chi connectivity index (χ0v) is 18.7. The van der Waals surface area contributed by atoms with E-state index < -0.39 is 23.5 Å². The Labute approximate surface area is 188 Å². The predicted octanol–water partition coefficient (Wildman–Crippen LogP) is 3.69. The van der Waals surface area contributed by atoms with Crippen LogP contribution in [0.15, 0.2) is 50.6 Å². The number of carbonyl (C=O) groups excluding carboxylic acids is 2. The van der Waals surface area contributed by atoms with Crippen LogP contribution >= 0.6 is 0 Å². The molecule has 10 nitrogen and oxygen atoms in total. The highest BCUT2D eigenvalue weighted by molar-refractivity contribution is 6.20. The van der Waals surface area contributed by atoms with Gasteiger partial charge in [0.05, 0.1) is 32.9 Å². The molecule has 0 bridgehead atoms. The summed E-state index contributed by atoms with van der Waals surface area (Å²) >= 11 is 0. The number of aryl methyl sites for hydroxylation is 2. The van der Waals surface area contributed by atoms with Gasteiger partial charge in [-0.05, 0) is 43.7 Å². The van der Waals surface area contributed by atoms with Gasteiger partial charge in [-0.25, -0.2) is 0 Å². The van der Waals surface area contributed by atoms with Gasteiger partial charge in [0, 0.05) is 6.07 Å². The number of ether oxygens (including phenoxy) is 3. The number of amides is 1. The number of furan rings is 1. The Bertz CT molecular complexity index is 1240. The van der Waals surface area contributed by atoms with Crippen molar-refractivity contribution in [3.63, 3.8) is 0 Å². The number of nitrogens with zero attached hydrogens (tertiary/aromatic N) is 2. The van der Waals surface area contributed by atoms with Crippen LogP contribution in [0.4, 0.5) is 5.82 Å². The van der Waals surface area contributed by atoms with E-state index in [9.17, 15) is 14.7 Å². The summed E-state index contributed by atoms with van der Waals surface area (Å²) in [6.07, 6.45) is 0. The maximum Gasteiger partial charge on any atom is 0.295 e. The first-order valence-corrected chi connectivity index (χ1v) is 9.91. The minimum atomic E-state index is -1.08. The molecule has 172 valence electrons. The van der Waals surface area contributed by atoms with Crippen LogP contribution in [0.2, 0.25) is 0 Å². The van der Waals surface area contributed by atoms with E-state index in [4.69, 9.17) is 23.2 Å². The van der Waals surface area contributed by atoms with Crippen LogP contribution in [0.25, 0.3) is 0 Å². The van der Waals surface area contributed by atoms with Crippen molar-refractivity contribution in [1.29, 1.82) is 0 Å². The Morgan fingerprint density at radius 3 is 2.18 bits per heavy atom. The van der Waals surface area contributed by atoms with Gasteiger partial charge in [-0.2, -0.15) is 0 Å². The fourth-order valence-electron chi connectivity index (χ4n) is 3.80. The number of benzene rings is 1. The first-order chi connectivity index (χ1) is 15.8. The van der Waals surface area contributed by atoms with Crippen LogP contribution in [0.1, 0.15) is 33.7 Å². The highest BCUT2D eigenvalue weighted by Gasteiger charge is 2.47. The average Bonchev–Trinajstić information content (AvgIpc) is 3.50. The second-order valence-corrected chi connectivity index (χ2v) is 7.33. The third kappa shape index (κ3) is 3.59. The molecule has 0 fully saturated rings. The smallest absolute Gasteiger partial charge is 0.295 e. The van der Waals surface area contributed by atoms with E-state index in [2.05, 4.69) is 5.16 Å². The van der Waals surface area contributed by atoms with Crippen molar-refractivity contribution in [3.05, 3.63) is 64.5 Å². The molecule has 0 aliphatic carbocycles. The number of aromatic nitrogens is 1. The first kappa shape index (κ1) is 22.0. The molecule has 4 rings (SSSR count). The van der Waals surface area contributed by atoms with Crippen molar-refractivity contribution in [2.45, 2.75) is 19.9 Å². The third-order valence-corrected chi connectivity index (χ3v) is 5.28. The summed E-state index contributed by atoms with van der Waals surface area (Å²) in [6.45, 7) is 3.35. The minimum absolute atomic E-state index is 0.0162. The highest BCUT2D eigenvalue weighted by Crippen LogP contribution is 2.46. The van der Waals surface area contributed by atoms with Crippen LogP contribution in [0, 0.1) is 13.8 Å². The lowest BCUT2D eigenvalue weighted by Crippen LogP contribution is -2.31. The van der Waals surface area contributed by atoms with Gasteiger partial charge in [-0.15, -0.1) is 0 Å². The molecule has 3 heterocycles. The second-order valence-electron chi connectivity index (χ2n) is 7.33. The van der Waals surface area contributed by atoms with Crippen molar-refractivity contribution < 1.29 is 37.8 Å². The van der Waals surface area contributed by atoms with E-state index in [0.29, 0.717) is 34.3 Å². The van der Waals surface area contributed by atoms with Gasteiger partial charge < -0.3 is 28.3 Å². The molecule has 0 spiro atoms. The number of methoxy groups -OCH3 is 3. The van der Waals surface area contributed by atoms with Crippen molar-refractivity contribution in [1.82, 2.24) is 5.16 Å². The molecule has 0 saturated heterocycles. The predicted molar refractivity (Wildman–Crippen MR) is 115 cm³/mol. The summed E-state index contributed by atoms with van der Waals surface area (Å²) < 4.78 is 26.9. The molecule has 1 N–H and O–H groups in total. The molecule has 0 radical (unpaired) electrons. The molecule has 1 aliphatic heterocycles. The summed E-state index contributed by atoms with van der Waals surface area (Å²) in [5.41, 5.74) is 0.235. The third-order valence-electron chi connectivity index (χ3n) is 5.28. The van der Waals surface area contributed by atoms with Crippen molar-refractivity contribution in [3.8, 4) is 17.2 Å². The Hall–Kier alpha value is -4.21. The lowest BCUT2D eigenvalue weighted by atomic mass is 9.94. The number of rotatable bonds is 7. The molecule has 3 aromatic rings. The molecular formula is C23H22N2O8. The van der Waals surface area contributed by atoms with Crippen molar-refractivity contribution in [2.24, 2.45) is 0 Å². The molecule has 2 aromatic heterocycles. The molecule has 1 aromatic carbocycles. The number of aliphatic hydroxyl groups excluding tert-OH is 1. The van der Waals surface area contributed by atoms with Crippen molar-refractivity contribution >= 4 is 17.5 Å². The Morgan fingerprint density at radius 2 is 1.70 bits per heavy atom. The number of hydrogen-bond acceptors (Lipinski definition) is 9.